The second kappa shape index (κ2) is 5.07. The van der Waals surface area contributed by atoms with E-state index < -0.39 is 5.41 Å². The van der Waals surface area contributed by atoms with Crippen molar-refractivity contribution in [2.75, 3.05) is 13.2 Å². The molecule has 2 heterocycles. The van der Waals surface area contributed by atoms with Gasteiger partial charge in [-0.15, -0.1) is 0 Å². The molecule has 18 heavy (non-hydrogen) atoms. The number of rotatable bonds is 4. The minimum atomic E-state index is -0.666. The summed E-state index contributed by atoms with van der Waals surface area (Å²) < 4.78 is 10.7. The van der Waals surface area contributed by atoms with E-state index in [2.05, 4.69) is 10.3 Å². The molecule has 0 aromatic carbocycles. The molecule has 2 rings (SSSR count). The predicted molar refractivity (Wildman–Crippen MR) is 64.6 cm³/mol. The number of ether oxygens (including phenoxy) is 1. The van der Waals surface area contributed by atoms with Gasteiger partial charge < -0.3 is 20.2 Å². The van der Waals surface area contributed by atoms with Crippen LogP contribution in [0.5, 0.6) is 0 Å². The van der Waals surface area contributed by atoms with Gasteiger partial charge in [0.1, 0.15) is 5.76 Å². The number of oxazole rings is 1. The number of carbonyl (C=O) groups is 1. The Kier molecular flexibility index (Phi) is 3.68. The van der Waals surface area contributed by atoms with Gasteiger partial charge >= 0.3 is 0 Å². The lowest BCUT2D eigenvalue weighted by Crippen LogP contribution is -2.49. The molecule has 100 valence electrons. The fraction of sp³-hybridized carbons (Fsp3) is 0.667. The Balaban J connectivity index is 1.92. The van der Waals surface area contributed by atoms with Crippen LogP contribution in [0.4, 0.5) is 0 Å². The van der Waals surface area contributed by atoms with E-state index in [1.807, 2.05) is 13.8 Å². The molecule has 0 aliphatic carbocycles. The Labute approximate surface area is 106 Å². The van der Waals surface area contributed by atoms with Crippen LogP contribution in [-0.4, -0.2) is 30.1 Å². The molecule has 6 heteroatoms. The largest absolute Gasteiger partial charge is 0.444 e. The summed E-state index contributed by atoms with van der Waals surface area (Å²) in [5.74, 6) is 1.20. The van der Waals surface area contributed by atoms with Crippen LogP contribution in [0.2, 0.25) is 0 Å². The highest BCUT2D eigenvalue weighted by molar-refractivity contribution is 5.83. The standard InChI is InChI=1S/C12H19N3O3/c1-3-8-4-14-10(18-8)5-15-11(16)12(2)7-17-6-9(12)13/h4,9H,3,5-7,13H2,1-2H3,(H,15,16). The summed E-state index contributed by atoms with van der Waals surface area (Å²) in [6.45, 7) is 4.85. The fourth-order valence-corrected chi connectivity index (χ4v) is 1.87. The molecular weight excluding hydrogens is 234 g/mol. The molecule has 1 saturated heterocycles. The highest BCUT2D eigenvalue weighted by Crippen LogP contribution is 2.27. The minimum absolute atomic E-state index is 0.122. The lowest BCUT2D eigenvalue weighted by molar-refractivity contribution is -0.130. The summed E-state index contributed by atoms with van der Waals surface area (Å²) in [6.07, 6.45) is 2.46. The smallest absolute Gasteiger partial charge is 0.230 e. The van der Waals surface area contributed by atoms with E-state index in [0.717, 1.165) is 12.2 Å². The third-order valence-electron chi connectivity index (χ3n) is 3.39. The van der Waals surface area contributed by atoms with Crippen LogP contribution in [0.15, 0.2) is 10.6 Å². The summed E-state index contributed by atoms with van der Waals surface area (Å²) in [6, 6.07) is -0.270. The van der Waals surface area contributed by atoms with Gasteiger partial charge in [-0.05, 0) is 6.92 Å². The zero-order valence-electron chi connectivity index (χ0n) is 10.7. The number of nitrogens with one attached hydrogen (secondary N) is 1. The maximum Gasteiger partial charge on any atom is 0.230 e. The Bertz CT molecular complexity index is 432. The molecule has 1 aliphatic rings. The summed E-state index contributed by atoms with van der Waals surface area (Å²) >= 11 is 0. The first-order chi connectivity index (χ1) is 8.56. The van der Waals surface area contributed by atoms with Gasteiger partial charge in [0, 0.05) is 12.5 Å². The van der Waals surface area contributed by atoms with Gasteiger partial charge in [-0.3, -0.25) is 4.79 Å². The average Bonchev–Trinajstić information content (AvgIpc) is 2.95. The molecule has 2 unspecified atom stereocenters. The Morgan fingerprint density at radius 2 is 2.50 bits per heavy atom. The molecular formula is C12H19N3O3. The number of amides is 1. The first kappa shape index (κ1) is 13.0. The van der Waals surface area contributed by atoms with Crippen LogP contribution in [0, 0.1) is 5.41 Å². The van der Waals surface area contributed by atoms with Crippen molar-refractivity contribution in [1.29, 1.82) is 0 Å². The summed E-state index contributed by atoms with van der Waals surface area (Å²) in [5, 5.41) is 2.79. The van der Waals surface area contributed by atoms with Gasteiger partial charge in [0.2, 0.25) is 11.8 Å². The Hall–Kier alpha value is -1.40. The molecule has 3 N–H and O–H groups in total. The zero-order valence-corrected chi connectivity index (χ0v) is 10.7. The van der Waals surface area contributed by atoms with E-state index in [-0.39, 0.29) is 18.5 Å². The van der Waals surface area contributed by atoms with Crippen molar-refractivity contribution in [1.82, 2.24) is 10.3 Å². The molecule has 0 radical (unpaired) electrons. The fourth-order valence-electron chi connectivity index (χ4n) is 1.87. The van der Waals surface area contributed by atoms with Crippen molar-refractivity contribution in [2.24, 2.45) is 11.1 Å². The van der Waals surface area contributed by atoms with Crippen molar-refractivity contribution in [3.63, 3.8) is 0 Å². The molecule has 1 aromatic heterocycles. The maximum absolute atomic E-state index is 12.1. The number of hydrogen-bond donors (Lipinski definition) is 2. The van der Waals surface area contributed by atoms with Crippen LogP contribution >= 0.6 is 0 Å². The molecule has 0 bridgehead atoms. The lowest BCUT2D eigenvalue weighted by atomic mass is 9.85. The van der Waals surface area contributed by atoms with Crippen molar-refractivity contribution in [2.45, 2.75) is 32.9 Å². The van der Waals surface area contributed by atoms with E-state index in [1.165, 1.54) is 0 Å². The first-order valence-electron chi connectivity index (χ1n) is 6.11. The van der Waals surface area contributed by atoms with Crippen molar-refractivity contribution >= 4 is 5.91 Å². The van der Waals surface area contributed by atoms with Crippen LogP contribution in [-0.2, 0) is 22.5 Å². The van der Waals surface area contributed by atoms with E-state index in [4.69, 9.17) is 14.9 Å². The molecule has 1 aromatic rings. The number of nitrogens with zero attached hydrogens (tertiary/aromatic N) is 1. The number of aryl methyl sites for hydroxylation is 1. The number of aromatic nitrogens is 1. The number of nitrogens with two attached hydrogens (primary N) is 1. The van der Waals surface area contributed by atoms with Gasteiger partial charge in [-0.25, -0.2) is 4.98 Å². The first-order valence-corrected chi connectivity index (χ1v) is 6.11. The highest BCUT2D eigenvalue weighted by atomic mass is 16.5. The molecule has 1 aliphatic heterocycles. The van der Waals surface area contributed by atoms with Crippen LogP contribution in [0.25, 0.3) is 0 Å². The van der Waals surface area contributed by atoms with Crippen LogP contribution in [0.3, 0.4) is 0 Å². The number of hydrogen-bond acceptors (Lipinski definition) is 5. The third-order valence-corrected chi connectivity index (χ3v) is 3.39. The molecule has 6 nitrogen and oxygen atoms in total. The summed E-state index contributed by atoms with van der Waals surface area (Å²) in [7, 11) is 0. The van der Waals surface area contributed by atoms with Gasteiger partial charge in [0.25, 0.3) is 0 Å². The van der Waals surface area contributed by atoms with Crippen molar-refractivity contribution in [3.05, 3.63) is 17.8 Å². The third kappa shape index (κ3) is 2.39. The quantitative estimate of drug-likeness (QED) is 0.801. The lowest BCUT2D eigenvalue weighted by Gasteiger charge is -2.24. The average molecular weight is 253 g/mol. The molecule has 1 amide bonds. The van der Waals surface area contributed by atoms with Crippen molar-refractivity contribution in [3.8, 4) is 0 Å². The monoisotopic (exact) mass is 253 g/mol. The normalized spacial score (nSPS) is 27.4. The Morgan fingerprint density at radius 1 is 1.72 bits per heavy atom. The maximum atomic E-state index is 12.1. The van der Waals surface area contributed by atoms with E-state index in [0.29, 0.717) is 19.1 Å². The van der Waals surface area contributed by atoms with Crippen molar-refractivity contribution < 1.29 is 13.9 Å². The molecule has 1 fully saturated rings. The zero-order chi connectivity index (χ0) is 13.2. The minimum Gasteiger partial charge on any atom is -0.444 e. The summed E-state index contributed by atoms with van der Waals surface area (Å²) in [5.41, 5.74) is 5.22. The molecule has 2 atom stereocenters. The molecule has 0 saturated carbocycles. The van der Waals surface area contributed by atoms with Crippen LogP contribution in [0.1, 0.15) is 25.5 Å². The second-order valence-corrected chi connectivity index (χ2v) is 4.80. The van der Waals surface area contributed by atoms with Gasteiger partial charge in [-0.1, -0.05) is 6.92 Å². The van der Waals surface area contributed by atoms with Gasteiger partial charge in [0.15, 0.2) is 0 Å². The van der Waals surface area contributed by atoms with Crippen LogP contribution < -0.4 is 11.1 Å². The van der Waals surface area contributed by atoms with E-state index in [1.54, 1.807) is 6.20 Å². The number of carbonyl (C=O) groups excluding carboxylic acids is 1. The molecule has 0 spiro atoms. The predicted octanol–water partition coefficient (Wildman–Crippen LogP) is 0.217. The Morgan fingerprint density at radius 3 is 3.06 bits per heavy atom. The van der Waals surface area contributed by atoms with E-state index >= 15 is 0 Å². The SMILES string of the molecule is CCc1cnc(CNC(=O)C2(C)COCC2N)o1. The second-order valence-electron chi connectivity index (χ2n) is 4.80. The van der Waals surface area contributed by atoms with Gasteiger partial charge in [-0.2, -0.15) is 0 Å². The van der Waals surface area contributed by atoms with E-state index in [9.17, 15) is 4.79 Å². The van der Waals surface area contributed by atoms with Gasteiger partial charge in [0.05, 0.1) is 31.4 Å². The highest BCUT2D eigenvalue weighted by Gasteiger charge is 2.44. The summed E-state index contributed by atoms with van der Waals surface area (Å²) in [4.78, 5) is 16.2. The topological polar surface area (TPSA) is 90.4 Å².